The Morgan fingerprint density at radius 2 is 2.00 bits per heavy atom. The second-order valence-electron chi connectivity index (χ2n) is 7.59. The lowest BCUT2D eigenvalue weighted by atomic mass is 9.93. The zero-order valence-corrected chi connectivity index (χ0v) is 15.9. The topological polar surface area (TPSA) is 84.8 Å². The number of aromatic nitrogens is 2. The zero-order chi connectivity index (χ0) is 19.4. The molecule has 27 heavy (non-hydrogen) atoms. The maximum absolute atomic E-state index is 9.59. The van der Waals surface area contributed by atoms with Crippen LogP contribution in [0, 0.1) is 17.2 Å². The van der Waals surface area contributed by atoms with Crippen LogP contribution in [-0.4, -0.2) is 22.1 Å². The molecule has 0 aliphatic heterocycles. The van der Waals surface area contributed by atoms with Gasteiger partial charge in [-0.25, -0.2) is 0 Å². The van der Waals surface area contributed by atoms with Crippen molar-refractivity contribution in [3.63, 3.8) is 0 Å². The Balaban J connectivity index is 1.90. The summed E-state index contributed by atoms with van der Waals surface area (Å²) in [5.74, 6) is 1.03. The lowest BCUT2D eigenvalue weighted by Crippen LogP contribution is -2.43. The van der Waals surface area contributed by atoms with Crippen LogP contribution < -0.4 is 10.5 Å². The molecule has 1 atom stereocenters. The fourth-order valence-electron chi connectivity index (χ4n) is 3.36. The van der Waals surface area contributed by atoms with Gasteiger partial charge >= 0.3 is 0 Å². The summed E-state index contributed by atoms with van der Waals surface area (Å²) in [6.07, 6.45) is 4.34. The molecule has 0 bridgehead atoms. The molecule has 2 N–H and O–H groups in total. The maximum Gasteiger partial charge on any atom is 0.137 e. The third kappa shape index (κ3) is 4.42. The summed E-state index contributed by atoms with van der Waals surface area (Å²) < 4.78 is 5.90. The largest absolute Gasteiger partial charge is 0.490 e. The molecule has 0 saturated carbocycles. The highest BCUT2D eigenvalue weighted by Crippen LogP contribution is 2.30. The van der Waals surface area contributed by atoms with Crippen LogP contribution in [0.1, 0.15) is 32.8 Å². The first kappa shape index (κ1) is 18.8. The first-order chi connectivity index (χ1) is 12.9. The van der Waals surface area contributed by atoms with Gasteiger partial charge in [-0.1, -0.05) is 19.9 Å². The van der Waals surface area contributed by atoms with E-state index in [1.807, 2.05) is 43.3 Å². The van der Waals surface area contributed by atoms with Crippen LogP contribution in [0.2, 0.25) is 0 Å². The van der Waals surface area contributed by atoms with Crippen molar-refractivity contribution < 1.29 is 4.74 Å². The van der Waals surface area contributed by atoms with Crippen molar-refractivity contribution in [1.82, 2.24) is 9.97 Å². The molecule has 2 heterocycles. The Morgan fingerprint density at radius 3 is 2.74 bits per heavy atom. The smallest absolute Gasteiger partial charge is 0.137 e. The van der Waals surface area contributed by atoms with Crippen LogP contribution in [0.5, 0.6) is 5.75 Å². The summed E-state index contributed by atoms with van der Waals surface area (Å²) in [6.45, 7) is 6.60. The standard InChI is InChI=1S/C22H24N4O/c1-15(2)12-22(3,24)14-27-20-7-6-16(11-17(20)13-23)18-8-10-25-19-5-4-9-26-21(18)19/h4-11,15H,12,14,24H2,1-3H3. The van der Waals surface area contributed by atoms with Crippen molar-refractivity contribution >= 4 is 11.0 Å². The van der Waals surface area contributed by atoms with Gasteiger partial charge in [-0.05, 0) is 55.2 Å². The van der Waals surface area contributed by atoms with Gasteiger partial charge in [0.1, 0.15) is 18.4 Å². The van der Waals surface area contributed by atoms with E-state index < -0.39 is 5.54 Å². The molecular weight excluding hydrogens is 336 g/mol. The first-order valence-corrected chi connectivity index (χ1v) is 9.05. The van der Waals surface area contributed by atoms with Crippen LogP contribution in [0.4, 0.5) is 0 Å². The van der Waals surface area contributed by atoms with Crippen LogP contribution in [0.15, 0.2) is 48.8 Å². The summed E-state index contributed by atoms with van der Waals surface area (Å²) in [5, 5.41) is 9.59. The van der Waals surface area contributed by atoms with E-state index in [0.717, 1.165) is 28.6 Å². The fourth-order valence-corrected chi connectivity index (χ4v) is 3.36. The summed E-state index contributed by atoms with van der Waals surface area (Å²) >= 11 is 0. The molecule has 3 aromatic rings. The van der Waals surface area contributed by atoms with Gasteiger partial charge in [0.25, 0.3) is 0 Å². The molecule has 0 radical (unpaired) electrons. The molecule has 1 aromatic carbocycles. The molecule has 0 fully saturated rings. The maximum atomic E-state index is 9.59. The Hall–Kier alpha value is -2.97. The van der Waals surface area contributed by atoms with E-state index in [4.69, 9.17) is 10.5 Å². The molecule has 0 aliphatic rings. The number of hydrogen-bond donors (Lipinski definition) is 1. The lowest BCUT2D eigenvalue weighted by molar-refractivity contribution is 0.206. The molecule has 3 rings (SSSR count). The monoisotopic (exact) mass is 360 g/mol. The molecule has 0 spiro atoms. The number of fused-ring (bicyclic) bond motifs is 1. The van der Waals surface area contributed by atoms with E-state index in [2.05, 4.69) is 29.9 Å². The van der Waals surface area contributed by atoms with Gasteiger partial charge in [0.2, 0.25) is 0 Å². The second kappa shape index (κ2) is 7.73. The van der Waals surface area contributed by atoms with Crippen LogP contribution in [0.3, 0.4) is 0 Å². The number of nitriles is 1. The Bertz CT molecular complexity index is 984. The quantitative estimate of drug-likeness (QED) is 0.708. The predicted octanol–water partition coefficient (Wildman–Crippen LogP) is 4.31. The Kier molecular flexibility index (Phi) is 5.38. The minimum atomic E-state index is -0.440. The number of nitrogens with two attached hydrogens (primary N) is 1. The molecule has 0 amide bonds. The highest BCUT2D eigenvalue weighted by Gasteiger charge is 2.22. The minimum absolute atomic E-state index is 0.360. The van der Waals surface area contributed by atoms with Crippen LogP contribution in [-0.2, 0) is 0 Å². The SMILES string of the molecule is CC(C)CC(C)(N)COc1ccc(-c2ccnc3cccnc23)cc1C#N. The number of benzene rings is 1. The van der Waals surface area contributed by atoms with Crippen molar-refractivity contribution in [3.8, 4) is 22.9 Å². The highest BCUT2D eigenvalue weighted by atomic mass is 16.5. The van der Waals surface area contributed by atoms with E-state index in [1.54, 1.807) is 12.4 Å². The van der Waals surface area contributed by atoms with E-state index in [9.17, 15) is 5.26 Å². The van der Waals surface area contributed by atoms with Crippen molar-refractivity contribution in [3.05, 3.63) is 54.4 Å². The summed E-state index contributed by atoms with van der Waals surface area (Å²) in [6, 6.07) is 13.5. The molecule has 5 heteroatoms. The van der Waals surface area contributed by atoms with Gasteiger partial charge in [-0.15, -0.1) is 0 Å². The normalized spacial score (nSPS) is 13.3. The van der Waals surface area contributed by atoms with E-state index in [0.29, 0.717) is 23.8 Å². The summed E-state index contributed by atoms with van der Waals surface area (Å²) in [4.78, 5) is 8.78. The van der Waals surface area contributed by atoms with E-state index in [1.165, 1.54) is 0 Å². The van der Waals surface area contributed by atoms with Gasteiger partial charge in [0, 0.05) is 23.5 Å². The van der Waals surface area contributed by atoms with Gasteiger partial charge in [0.05, 0.1) is 16.6 Å². The predicted molar refractivity (Wildman–Crippen MR) is 107 cm³/mol. The fraction of sp³-hybridized carbons (Fsp3) is 0.318. The molecule has 2 aromatic heterocycles. The van der Waals surface area contributed by atoms with Gasteiger partial charge in [-0.2, -0.15) is 5.26 Å². The third-order valence-electron chi connectivity index (χ3n) is 4.34. The van der Waals surface area contributed by atoms with Crippen molar-refractivity contribution in [2.75, 3.05) is 6.61 Å². The average molecular weight is 360 g/mol. The van der Waals surface area contributed by atoms with Gasteiger partial charge < -0.3 is 10.5 Å². The molecule has 1 unspecified atom stereocenters. The molecule has 138 valence electrons. The summed E-state index contributed by atoms with van der Waals surface area (Å²) in [5.41, 5.74) is 9.83. The van der Waals surface area contributed by atoms with Crippen LogP contribution in [0.25, 0.3) is 22.2 Å². The highest BCUT2D eigenvalue weighted by molar-refractivity contribution is 5.91. The number of pyridine rings is 2. The Morgan fingerprint density at radius 1 is 1.19 bits per heavy atom. The van der Waals surface area contributed by atoms with Crippen molar-refractivity contribution in [2.24, 2.45) is 11.7 Å². The van der Waals surface area contributed by atoms with Crippen molar-refractivity contribution in [1.29, 1.82) is 5.26 Å². The molecular formula is C22H24N4O. The lowest BCUT2D eigenvalue weighted by Gasteiger charge is -2.26. The first-order valence-electron chi connectivity index (χ1n) is 9.05. The number of hydrogen-bond acceptors (Lipinski definition) is 5. The Labute approximate surface area is 159 Å². The third-order valence-corrected chi connectivity index (χ3v) is 4.34. The summed E-state index contributed by atoms with van der Waals surface area (Å²) in [7, 11) is 0. The van der Waals surface area contributed by atoms with Gasteiger partial charge in [0.15, 0.2) is 0 Å². The van der Waals surface area contributed by atoms with E-state index in [-0.39, 0.29) is 0 Å². The van der Waals surface area contributed by atoms with Gasteiger partial charge in [-0.3, -0.25) is 9.97 Å². The zero-order valence-electron chi connectivity index (χ0n) is 15.9. The van der Waals surface area contributed by atoms with Crippen molar-refractivity contribution in [2.45, 2.75) is 32.7 Å². The second-order valence-corrected chi connectivity index (χ2v) is 7.59. The number of rotatable bonds is 6. The van der Waals surface area contributed by atoms with Crippen LogP contribution >= 0.6 is 0 Å². The van der Waals surface area contributed by atoms with E-state index >= 15 is 0 Å². The molecule has 5 nitrogen and oxygen atoms in total. The number of nitrogens with zero attached hydrogens (tertiary/aromatic N) is 3. The molecule has 0 aliphatic carbocycles. The minimum Gasteiger partial charge on any atom is -0.490 e. The molecule has 0 saturated heterocycles. The average Bonchev–Trinajstić information content (AvgIpc) is 2.65. The number of ether oxygens (including phenoxy) is 1.